The van der Waals surface area contributed by atoms with Gasteiger partial charge in [0.2, 0.25) is 5.91 Å². The molecule has 128 valence electrons. The van der Waals surface area contributed by atoms with Crippen LogP contribution in [0.15, 0.2) is 18.2 Å². The highest BCUT2D eigenvalue weighted by Crippen LogP contribution is 2.22. The molecule has 2 heterocycles. The van der Waals surface area contributed by atoms with E-state index in [2.05, 4.69) is 53.7 Å². The Morgan fingerprint density at radius 2 is 1.92 bits per heavy atom. The monoisotopic (exact) mass is 344 g/mol. The summed E-state index contributed by atoms with van der Waals surface area (Å²) in [5.74, 6) is 3.37. The van der Waals surface area contributed by atoms with E-state index in [0.29, 0.717) is 12.3 Å². The molecule has 5 nitrogen and oxygen atoms in total. The Hall–Kier alpha value is -1.82. The van der Waals surface area contributed by atoms with Crippen LogP contribution in [-0.2, 0) is 17.1 Å². The minimum Gasteiger partial charge on any atom is -0.332 e. The molecule has 0 bridgehead atoms. The second kappa shape index (κ2) is 6.97. The molecular formula is C18H24N4OS. The number of carbonyl (C=O) groups excluding carboxylic acids is 1. The van der Waals surface area contributed by atoms with Crippen LogP contribution in [0.2, 0.25) is 0 Å². The van der Waals surface area contributed by atoms with Gasteiger partial charge >= 0.3 is 0 Å². The summed E-state index contributed by atoms with van der Waals surface area (Å²) < 4.78 is 2.13. The minimum atomic E-state index is 0.183. The van der Waals surface area contributed by atoms with Gasteiger partial charge in [0.15, 0.2) is 5.82 Å². The van der Waals surface area contributed by atoms with E-state index in [1.165, 1.54) is 16.7 Å². The number of rotatable bonds is 4. The fourth-order valence-electron chi connectivity index (χ4n) is 3.42. The van der Waals surface area contributed by atoms with Crippen LogP contribution in [0.25, 0.3) is 0 Å². The highest BCUT2D eigenvalue weighted by Gasteiger charge is 2.27. The lowest BCUT2D eigenvalue weighted by molar-refractivity contribution is -0.130. The molecule has 6 heteroatoms. The van der Waals surface area contributed by atoms with Gasteiger partial charge in [-0.05, 0) is 33.3 Å². The van der Waals surface area contributed by atoms with Gasteiger partial charge in [-0.25, -0.2) is 0 Å². The van der Waals surface area contributed by atoms with Crippen molar-refractivity contribution in [2.45, 2.75) is 46.0 Å². The number of thioether (sulfide) groups is 1. The first-order valence-corrected chi connectivity index (χ1v) is 9.42. The summed E-state index contributed by atoms with van der Waals surface area (Å²) in [5.41, 5.74) is 3.83. The largest absolute Gasteiger partial charge is 0.332 e. The van der Waals surface area contributed by atoms with Gasteiger partial charge < -0.3 is 9.47 Å². The quantitative estimate of drug-likeness (QED) is 0.855. The van der Waals surface area contributed by atoms with Crippen molar-refractivity contribution in [3.63, 3.8) is 0 Å². The molecule has 0 fully saturated rings. The Morgan fingerprint density at radius 1 is 1.21 bits per heavy atom. The molecule has 0 N–H and O–H groups in total. The molecule has 0 saturated heterocycles. The van der Waals surface area contributed by atoms with Crippen LogP contribution in [0.4, 0.5) is 0 Å². The third kappa shape index (κ3) is 3.64. The number of amides is 1. The molecule has 0 radical (unpaired) electrons. The summed E-state index contributed by atoms with van der Waals surface area (Å²) in [5, 5.41) is 8.33. The van der Waals surface area contributed by atoms with Crippen LogP contribution in [0, 0.1) is 20.8 Å². The number of benzene rings is 1. The van der Waals surface area contributed by atoms with E-state index in [4.69, 9.17) is 0 Å². The molecule has 0 spiro atoms. The Bertz CT molecular complexity index is 735. The van der Waals surface area contributed by atoms with Gasteiger partial charge in [-0.3, -0.25) is 4.79 Å². The topological polar surface area (TPSA) is 51.0 Å². The van der Waals surface area contributed by atoms with E-state index in [9.17, 15) is 4.79 Å². The molecule has 0 aliphatic carbocycles. The lowest BCUT2D eigenvalue weighted by Crippen LogP contribution is -2.41. The summed E-state index contributed by atoms with van der Waals surface area (Å²) >= 11 is 1.68. The minimum absolute atomic E-state index is 0.183. The molecule has 1 amide bonds. The zero-order chi connectivity index (χ0) is 17.3. The highest BCUT2D eigenvalue weighted by atomic mass is 32.2. The molecular weight excluding hydrogens is 320 g/mol. The van der Waals surface area contributed by atoms with Crippen molar-refractivity contribution >= 4 is 17.7 Å². The molecule has 0 unspecified atom stereocenters. The van der Waals surface area contributed by atoms with Gasteiger partial charge in [0.1, 0.15) is 5.82 Å². The van der Waals surface area contributed by atoms with E-state index in [-0.39, 0.29) is 11.9 Å². The van der Waals surface area contributed by atoms with Crippen LogP contribution in [0.3, 0.4) is 0 Å². The first kappa shape index (κ1) is 17.0. The Balaban J connectivity index is 1.56. The van der Waals surface area contributed by atoms with Crippen molar-refractivity contribution in [3.05, 3.63) is 46.5 Å². The predicted octanol–water partition coefficient (Wildman–Crippen LogP) is 3.04. The van der Waals surface area contributed by atoms with Crippen molar-refractivity contribution in [2.75, 3.05) is 12.3 Å². The lowest BCUT2D eigenvalue weighted by atomic mass is 10.1. The summed E-state index contributed by atoms with van der Waals surface area (Å²) in [6, 6.07) is 6.79. The molecule has 24 heavy (non-hydrogen) atoms. The van der Waals surface area contributed by atoms with Gasteiger partial charge in [0.05, 0.1) is 18.3 Å². The average molecular weight is 344 g/mol. The smallest absolute Gasteiger partial charge is 0.233 e. The van der Waals surface area contributed by atoms with Crippen LogP contribution in [0.1, 0.15) is 41.3 Å². The van der Waals surface area contributed by atoms with Gasteiger partial charge in [-0.1, -0.05) is 29.3 Å². The van der Waals surface area contributed by atoms with Crippen LogP contribution >= 0.6 is 11.8 Å². The highest BCUT2D eigenvalue weighted by molar-refractivity contribution is 7.99. The summed E-state index contributed by atoms with van der Waals surface area (Å²) in [4.78, 5) is 14.4. The number of nitrogens with zero attached hydrogens (tertiary/aromatic N) is 4. The molecule has 2 aromatic rings. The lowest BCUT2D eigenvalue weighted by Gasteiger charge is -2.32. The fraction of sp³-hybridized carbons (Fsp3) is 0.500. The molecule has 1 aliphatic heterocycles. The van der Waals surface area contributed by atoms with Crippen molar-refractivity contribution in [3.8, 4) is 0 Å². The van der Waals surface area contributed by atoms with Crippen LogP contribution in [-0.4, -0.2) is 37.9 Å². The Morgan fingerprint density at radius 3 is 2.62 bits per heavy atom. The van der Waals surface area contributed by atoms with Gasteiger partial charge in [0.25, 0.3) is 0 Å². The summed E-state index contributed by atoms with van der Waals surface area (Å²) in [7, 11) is 0. The molecule has 0 saturated carbocycles. The van der Waals surface area contributed by atoms with Crippen LogP contribution in [0.5, 0.6) is 0 Å². The van der Waals surface area contributed by atoms with Crippen molar-refractivity contribution in [1.82, 2.24) is 19.7 Å². The maximum absolute atomic E-state index is 12.5. The number of hydrogen-bond donors (Lipinski definition) is 0. The second-order valence-electron chi connectivity index (χ2n) is 6.65. The maximum atomic E-state index is 12.5. The Kier molecular flexibility index (Phi) is 4.94. The van der Waals surface area contributed by atoms with E-state index < -0.39 is 0 Å². The van der Waals surface area contributed by atoms with Gasteiger partial charge in [0, 0.05) is 12.3 Å². The van der Waals surface area contributed by atoms with E-state index in [1.54, 1.807) is 11.8 Å². The Labute approximate surface area is 147 Å². The molecule has 1 atom stereocenters. The predicted molar refractivity (Wildman–Crippen MR) is 97.0 cm³/mol. The third-order valence-electron chi connectivity index (χ3n) is 4.32. The fourth-order valence-corrected chi connectivity index (χ4v) is 4.28. The normalized spacial score (nSPS) is 17.0. The van der Waals surface area contributed by atoms with Gasteiger partial charge in [-0.2, -0.15) is 0 Å². The molecule has 1 aliphatic rings. The summed E-state index contributed by atoms with van der Waals surface area (Å²) in [6.45, 7) is 9.59. The number of hydrogen-bond acceptors (Lipinski definition) is 4. The summed E-state index contributed by atoms with van der Waals surface area (Å²) in [6.07, 6.45) is 0. The second-order valence-corrected chi connectivity index (χ2v) is 7.63. The number of aryl methyl sites for hydroxylation is 3. The zero-order valence-electron chi connectivity index (χ0n) is 14.7. The molecule has 1 aromatic carbocycles. The molecule has 1 aromatic heterocycles. The number of fused-ring (bicyclic) bond motifs is 1. The standard InChI is InChI=1S/C18H24N4OS/c1-12-5-13(2)7-16(6-12)10-24-11-18(23)21-8-14(3)22-15(4)19-20-17(22)9-21/h5-7,14H,8-11H2,1-4H3/t14-/m0/s1. The first-order valence-electron chi connectivity index (χ1n) is 8.27. The third-order valence-corrected chi connectivity index (χ3v) is 5.31. The number of aromatic nitrogens is 3. The number of carbonyl (C=O) groups is 1. The van der Waals surface area contributed by atoms with Crippen molar-refractivity contribution in [2.24, 2.45) is 0 Å². The SMILES string of the molecule is Cc1cc(C)cc(CSCC(=O)N2Cc3nnc(C)n3[C@@H](C)C2)c1. The van der Waals surface area contributed by atoms with Crippen molar-refractivity contribution in [1.29, 1.82) is 0 Å². The maximum Gasteiger partial charge on any atom is 0.233 e. The van der Waals surface area contributed by atoms with E-state index in [0.717, 1.165) is 23.9 Å². The van der Waals surface area contributed by atoms with E-state index in [1.807, 2.05) is 11.8 Å². The van der Waals surface area contributed by atoms with E-state index >= 15 is 0 Å². The first-order chi connectivity index (χ1) is 11.4. The average Bonchev–Trinajstić information content (AvgIpc) is 2.88. The van der Waals surface area contributed by atoms with Crippen LogP contribution < -0.4 is 0 Å². The molecule has 3 rings (SSSR count). The zero-order valence-corrected chi connectivity index (χ0v) is 15.6. The van der Waals surface area contributed by atoms with Crippen molar-refractivity contribution < 1.29 is 4.79 Å². The van der Waals surface area contributed by atoms with Gasteiger partial charge in [-0.15, -0.1) is 22.0 Å².